The summed E-state index contributed by atoms with van der Waals surface area (Å²) in [5.74, 6) is 0.771. The van der Waals surface area contributed by atoms with Crippen molar-refractivity contribution in [2.75, 3.05) is 6.54 Å². The molecule has 1 atom stereocenters. The zero-order chi connectivity index (χ0) is 14.1. The summed E-state index contributed by atoms with van der Waals surface area (Å²) >= 11 is 2.01. The van der Waals surface area contributed by atoms with E-state index in [9.17, 15) is 0 Å². The molecule has 0 aromatic carbocycles. The maximum absolute atomic E-state index is 3.80. The van der Waals surface area contributed by atoms with Crippen LogP contribution < -0.4 is 5.32 Å². The summed E-state index contributed by atoms with van der Waals surface area (Å²) in [5, 5.41) is 3.80. The van der Waals surface area contributed by atoms with E-state index in [2.05, 4.69) is 52.1 Å². The summed E-state index contributed by atoms with van der Waals surface area (Å²) in [6.45, 7) is 12.8. The van der Waals surface area contributed by atoms with Gasteiger partial charge in [0.05, 0.1) is 0 Å². The minimum Gasteiger partial charge on any atom is -0.311 e. The highest BCUT2D eigenvalue weighted by Crippen LogP contribution is 2.35. The van der Waals surface area contributed by atoms with Crippen LogP contribution >= 0.6 is 11.3 Å². The highest BCUT2D eigenvalue weighted by atomic mass is 32.1. The number of nitrogens with one attached hydrogen (secondary N) is 1. The number of thiophene rings is 1. The SMILES string of the molecule is CC(C)CC1(Cc2ccc(C(C)(C)C)s2)CCCN1. The Balaban J connectivity index is 2.11. The average Bonchev–Trinajstić information content (AvgIpc) is 2.86. The summed E-state index contributed by atoms with van der Waals surface area (Å²) in [7, 11) is 0. The average molecular weight is 279 g/mol. The van der Waals surface area contributed by atoms with E-state index in [1.807, 2.05) is 11.3 Å². The van der Waals surface area contributed by atoms with Gasteiger partial charge in [0.25, 0.3) is 0 Å². The molecule has 19 heavy (non-hydrogen) atoms. The molecule has 1 aromatic rings. The Kier molecular flexibility index (Phi) is 4.42. The fourth-order valence-electron chi connectivity index (χ4n) is 3.26. The predicted octanol–water partition coefficient (Wildman–Crippen LogP) is 4.76. The Hall–Kier alpha value is -0.340. The van der Waals surface area contributed by atoms with Gasteiger partial charge < -0.3 is 5.32 Å². The molecule has 0 spiro atoms. The van der Waals surface area contributed by atoms with Crippen LogP contribution in [0.5, 0.6) is 0 Å². The molecule has 2 heteroatoms. The second-order valence-electron chi connectivity index (χ2n) is 7.60. The first kappa shape index (κ1) is 15.1. The molecule has 1 nitrogen and oxygen atoms in total. The van der Waals surface area contributed by atoms with Crippen LogP contribution in [0.2, 0.25) is 0 Å². The molecule has 2 rings (SSSR count). The number of rotatable bonds is 4. The molecule has 1 aromatic heterocycles. The van der Waals surface area contributed by atoms with Gasteiger partial charge in [0, 0.05) is 15.3 Å². The Morgan fingerprint density at radius 2 is 2.05 bits per heavy atom. The van der Waals surface area contributed by atoms with E-state index >= 15 is 0 Å². The van der Waals surface area contributed by atoms with Crippen molar-refractivity contribution in [2.24, 2.45) is 5.92 Å². The highest BCUT2D eigenvalue weighted by molar-refractivity contribution is 7.12. The van der Waals surface area contributed by atoms with Crippen LogP contribution in [-0.4, -0.2) is 12.1 Å². The zero-order valence-electron chi connectivity index (χ0n) is 13.2. The van der Waals surface area contributed by atoms with Gasteiger partial charge in [-0.15, -0.1) is 11.3 Å². The molecule has 108 valence electrons. The molecule has 0 saturated carbocycles. The van der Waals surface area contributed by atoms with E-state index in [1.54, 1.807) is 4.88 Å². The maximum atomic E-state index is 3.80. The normalized spacial score (nSPS) is 24.3. The van der Waals surface area contributed by atoms with Crippen molar-refractivity contribution in [2.45, 2.75) is 71.3 Å². The van der Waals surface area contributed by atoms with Crippen LogP contribution in [-0.2, 0) is 11.8 Å². The van der Waals surface area contributed by atoms with Gasteiger partial charge in [0.1, 0.15) is 0 Å². The molecule has 0 aliphatic carbocycles. The predicted molar refractivity (Wildman–Crippen MR) is 86.1 cm³/mol. The highest BCUT2D eigenvalue weighted by Gasteiger charge is 2.34. The van der Waals surface area contributed by atoms with Crippen LogP contribution in [0.15, 0.2) is 12.1 Å². The molecule has 0 bridgehead atoms. The lowest BCUT2D eigenvalue weighted by molar-refractivity contribution is 0.303. The molecular weight excluding hydrogens is 250 g/mol. The minimum atomic E-state index is 0.289. The molecule has 1 saturated heterocycles. The van der Waals surface area contributed by atoms with Crippen molar-refractivity contribution < 1.29 is 0 Å². The summed E-state index contributed by atoms with van der Waals surface area (Å²) in [4.78, 5) is 3.07. The van der Waals surface area contributed by atoms with E-state index in [0.29, 0.717) is 5.54 Å². The van der Waals surface area contributed by atoms with Crippen LogP contribution in [0.1, 0.15) is 63.6 Å². The Bertz CT molecular complexity index is 405. The minimum absolute atomic E-state index is 0.289. The second kappa shape index (κ2) is 5.57. The van der Waals surface area contributed by atoms with Crippen molar-refractivity contribution in [1.29, 1.82) is 0 Å². The third kappa shape index (κ3) is 3.82. The molecule has 1 N–H and O–H groups in total. The Labute approximate surface area is 122 Å². The van der Waals surface area contributed by atoms with Crippen LogP contribution in [0.4, 0.5) is 0 Å². The third-order valence-electron chi connectivity index (χ3n) is 4.04. The molecule has 1 fully saturated rings. The fraction of sp³-hybridized carbons (Fsp3) is 0.765. The summed E-state index contributed by atoms with van der Waals surface area (Å²) in [6, 6.07) is 4.69. The van der Waals surface area contributed by atoms with E-state index in [4.69, 9.17) is 0 Å². The molecule has 2 heterocycles. The fourth-order valence-corrected chi connectivity index (χ4v) is 4.47. The quantitative estimate of drug-likeness (QED) is 0.838. The molecule has 1 aliphatic heterocycles. The monoisotopic (exact) mass is 279 g/mol. The lowest BCUT2D eigenvalue weighted by Crippen LogP contribution is -2.42. The van der Waals surface area contributed by atoms with Gasteiger partial charge in [-0.3, -0.25) is 0 Å². The van der Waals surface area contributed by atoms with Crippen LogP contribution in [0.25, 0.3) is 0 Å². The van der Waals surface area contributed by atoms with Crippen molar-refractivity contribution >= 4 is 11.3 Å². The third-order valence-corrected chi connectivity index (χ3v) is 5.56. The van der Waals surface area contributed by atoms with E-state index in [1.165, 1.54) is 37.1 Å². The second-order valence-corrected chi connectivity index (χ2v) is 8.77. The lowest BCUT2D eigenvalue weighted by atomic mass is 9.84. The topological polar surface area (TPSA) is 12.0 Å². The number of hydrogen-bond acceptors (Lipinski definition) is 2. The first-order valence-corrected chi connectivity index (χ1v) is 8.47. The molecule has 1 aliphatic rings. The van der Waals surface area contributed by atoms with Crippen LogP contribution in [0, 0.1) is 5.92 Å². The van der Waals surface area contributed by atoms with E-state index in [-0.39, 0.29) is 5.41 Å². The summed E-state index contributed by atoms with van der Waals surface area (Å²) in [5.41, 5.74) is 0.658. The van der Waals surface area contributed by atoms with Crippen LogP contribution in [0.3, 0.4) is 0 Å². The van der Waals surface area contributed by atoms with Crippen molar-refractivity contribution in [3.63, 3.8) is 0 Å². The van der Waals surface area contributed by atoms with E-state index < -0.39 is 0 Å². The maximum Gasteiger partial charge on any atom is 0.0232 e. The zero-order valence-corrected chi connectivity index (χ0v) is 14.0. The van der Waals surface area contributed by atoms with Gasteiger partial charge in [-0.05, 0) is 55.7 Å². The smallest absolute Gasteiger partial charge is 0.0232 e. The molecular formula is C17H29NS. The molecule has 1 unspecified atom stereocenters. The van der Waals surface area contributed by atoms with Gasteiger partial charge in [0.2, 0.25) is 0 Å². The standard InChI is InChI=1S/C17H29NS/c1-13(2)11-17(9-6-10-18-17)12-14-7-8-15(19-14)16(3,4)5/h7-8,13,18H,6,9-12H2,1-5H3. The largest absolute Gasteiger partial charge is 0.311 e. The number of hydrogen-bond donors (Lipinski definition) is 1. The van der Waals surface area contributed by atoms with Gasteiger partial charge in [-0.2, -0.15) is 0 Å². The van der Waals surface area contributed by atoms with Crippen molar-refractivity contribution in [3.8, 4) is 0 Å². The summed E-state index contributed by atoms with van der Waals surface area (Å²) in [6.07, 6.45) is 5.19. The Morgan fingerprint density at radius 1 is 1.32 bits per heavy atom. The van der Waals surface area contributed by atoms with Gasteiger partial charge in [0.15, 0.2) is 0 Å². The molecule has 0 radical (unpaired) electrons. The van der Waals surface area contributed by atoms with Gasteiger partial charge in [-0.25, -0.2) is 0 Å². The van der Waals surface area contributed by atoms with Gasteiger partial charge in [-0.1, -0.05) is 34.6 Å². The summed E-state index contributed by atoms with van der Waals surface area (Å²) < 4.78 is 0. The lowest BCUT2D eigenvalue weighted by Gasteiger charge is -2.31. The Morgan fingerprint density at radius 3 is 2.53 bits per heavy atom. The van der Waals surface area contributed by atoms with Gasteiger partial charge >= 0.3 is 0 Å². The first-order valence-electron chi connectivity index (χ1n) is 7.65. The molecule has 0 amide bonds. The van der Waals surface area contributed by atoms with Crippen molar-refractivity contribution in [1.82, 2.24) is 5.32 Å². The first-order chi connectivity index (χ1) is 8.81. The van der Waals surface area contributed by atoms with Crippen molar-refractivity contribution in [3.05, 3.63) is 21.9 Å². The van der Waals surface area contributed by atoms with E-state index in [0.717, 1.165) is 5.92 Å².